The number of hydrogen-bond donors (Lipinski definition) is 1. The van der Waals surface area contributed by atoms with Crippen LogP contribution in [0.2, 0.25) is 0 Å². The Morgan fingerprint density at radius 3 is 2.68 bits per heavy atom. The van der Waals surface area contributed by atoms with Gasteiger partial charge in [0.2, 0.25) is 0 Å². The quantitative estimate of drug-likeness (QED) is 0.849. The molecule has 2 aromatic rings. The molecule has 1 amide bonds. The van der Waals surface area contributed by atoms with Crippen molar-refractivity contribution < 1.29 is 9.53 Å². The predicted molar refractivity (Wildman–Crippen MR) is 101 cm³/mol. The fourth-order valence-electron chi connectivity index (χ4n) is 3.43. The maximum absolute atomic E-state index is 12.5. The number of nitrogens with one attached hydrogen (secondary N) is 1. The summed E-state index contributed by atoms with van der Waals surface area (Å²) in [5.74, 6) is 0.705. The Balaban J connectivity index is 1.63. The van der Waals surface area contributed by atoms with Gasteiger partial charge in [-0.2, -0.15) is 0 Å². The first kappa shape index (κ1) is 17.5. The number of para-hydroxylation sites is 1. The van der Waals surface area contributed by atoms with Crippen LogP contribution >= 0.6 is 0 Å². The maximum atomic E-state index is 12.5. The van der Waals surface area contributed by atoms with E-state index in [0.29, 0.717) is 0 Å². The summed E-state index contributed by atoms with van der Waals surface area (Å²) in [6, 6.07) is 14.4. The smallest absolute Gasteiger partial charge is 0.261 e. The van der Waals surface area contributed by atoms with Gasteiger partial charge in [0.25, 0.3) is 5.91 Å². The minimum Gasteiger partial charge on any atom is -0.481 e. The van der Waals surface area contributed by atoms with Gasteiger partial charge in [-0.1, -0.05) is 43.3 Å². The fraction of sp³-hybridized carbons (Fsp3) is 0.409. The summed E-state index contributed by atoms with van der Waals surface area (Å²) in [6.07, 6.45) is 3.93. The third-order valence-electron chi connectivity index (χ3n) is 5.01. The van der Waals surface area contributed by atoms with Gasteiger partial charge in [-0.05, 0) is 67.9 Å². The minimum atomic E-state index is -0.524. The monoisotopic (exact) mass is 337 g/mol. The number of carbonyl (C=O) groups is 1. The third kappa shape index (κ3) is 4.04. The summed E-state index contributed by atoms with van der Waals surface area (Å²) in [5.41, 5.74) is 5.17. The second-order valence-corrected chi connectivity index (χ2v) is 6.83. The summed E-state index contributed by atoms with van der Waals surface area (Å²) in [4.78, 5) is 12.5. The van der Waals surface area contributed by atoms with E-state index in [0.717, 1.165) is 29.7 Å². The van der Waals surface area contributed by atoms with Crippen molar-refractivity contribution in [3.63, 3.8) is 0 Å². The zero-order valence-electron chi connectivity index (χ0n) is 15.3. The molecule has 132 valence electrons. The van der Waals surface area contributed by atoms with E-state index < -0.39 is 6.10 Å². The molecule has 0 fully saturated rings. The second-order valence-electron chi connectivity index (χ2n) is 6.83. The molecule has 1 aliphatic rings. The lowest BCUT2D eigenvalue weighted by atomic mass is 10.0. The summed E-state index contributed by atoms with van der Waals surface area (Å²) < 4.78 is 5.90. The van der Waals surface area contributed by atoms with Crippen LogP contribution in [0.5, 0.6) is 5.75 Å². The van der Waals surface area contributed by atoms with E-state index in [-0.39, 0.29) is 11.9 Å². The van der Waals surface area contributed by atoms with Crippen molar-refractivity contribution in [1.29, 1.82) is 0 Å². The van der Waals surface area contributed by atoms with Crippen LogP contribution in [-0.2, 0) is 24.1 Å². The number of fused-ring (bicyclic) bond motifs is 1. The van der Waals surface area contributed by atoms with Gasteiger partial charge in [-0.3, -0.25) is 4.79 Å². The van der Waals surface area contributed by atoms with Crippen molar-refractivity contribution in [2.24, 2.45) is 0 Å². The molecular weight excluding hydrogens is 310 g/mol. The Morgan fingerprint density at radius 2 is 1.88 bits per heavy atom. The Morgan fingerprint density at radius 1 is 1.12 bits per heavy atom. The molecular formula is C22H27NO2. The topological polar surface area (TPSA) is 38.3 Å². The van der Waals surface area contributed by atoms with E-state index in [2.05, 4.69) is 30.4 Å². The molecule has 0 heterocycles. The average molecular weight is 337 g/mol. The third-order valence-corrected chi connectivity index (χ3v) is 5.01. The van der Waals surface area contributed by atoms with Gasteiger partial charge >= 0.3 is 0 Å². The second kappa shape index (κ2) is 7.73. The van der Waals surface area contributed by atoms with Crippen molar-refractivity contribution in [3.8, 4) is 5.75 Å². The number of benzene rings is 2. The molecule has 0 spiro atoms. The summed E-state index contributed by atoms with van der Waals surface area (Å²) in [5, 5.41) is 3.08. The maximum Gasteiger partial charge on any atom is 0.261 e. The first-order valence-electron chi connectivity index (χ1n) is 9.25. The zero-order valence-corrected chi connectivity index (χ0v) is 15.3. The van der Waals surface area contributed by atoms with Crippen molar-refractivity contribution in [1.82, 2.24) is 5.32 Å². The molecule has 2 atom stereocenters. The number of amides is 1. The van der Waals surface area contributed by atoms with Crippen LogP contribution in [-0.4, -0.2) is 12.0 Å². The zero-order chi connectivity index (χ0) is 17.8. The molecule has 25 heavy (non-hydrogen) atoms. The average Bonchev–Trinajstić information content (AvgIpc) is 3.09. The Kier molecular flexibility index (Phi) is 5.42. The highest BCUT2D eigenvalue weighted by atomic mass is 16.5. The van der Waals surface area contributed by atoms with Crippen LogP contribution in [0.3, 0.4) is 0 Å². The Bertz CT molecular complexity index is 753. The molecule has 3 rings (SSSR count). The molecule has 0 saturated carbocycles. The van der Waals surface area contributed by atoms with Crippen molar-refractivity contribution in [3.05, 3.63) is 64.7 Å². The molecule has 1 aliphatic carbocycles. The van der Waals surface area contributed by atoms with Gasteiger partial charge in [-0.15, -0.1) is 0 Å². The molecule has 0 bridgehead atoms. The van der Waals surface area contributed by atoms with Crippen LogP contribution < -0.4 is 10.1 Å². The van der Waals surface area contributed by atoms with Crippen LogP contribution in [0.4, 0.5) is 0 Å². The van der Waals surface area contributed by atoms with Crippen LogP contribution in [0, 0.1) is 0 Å². The van der Waals surface area contributed by atoms with Gasteiger partial charge in [0, 0.05) is 0 Å². The van der Waals surface area contributed by atoms with E-state index in [1.165, 1.54) is 24.0 Å². The first-order chi connectivity index (χ1) is 12.1. The van der Waals surface area contributed by atoms with Gasteiger partial charge < -0.3 is 10.1 Å². The molecule has 0 radical (unpaired) electrons. The Hall–Kier alpha value is -2.29. The lowest BCUT2D eigenvalue weighted by molar-refractivity contribution is -0.127. The number of carbonyl (C=O) groups excluding carboxylic acids is 1. The van der Waals surface area contributed by atoms with Gasteiger partial charge in [0.1, 0.15) is 5.75 Å². The summed E-state index contributed by atoms with van der Waals surface area (Å²) >= 11 is 0. The van der Waals surface area contributed by atoms with Crippen LogP contribution in [0.15, 0.2) is 42.5 Å². The van der Waals surface area contributed by atoms with Crippen molar-refractivity contribution in [2.45, 2.75) is 58.6 Å². The minimum absolute atomic E-state index is 0.0223. The standard InChI is InChI=1S/C22H27NO2/c1-4-17-8-5-6-11-21(17)25-16(3)22(24)23-15(2)19-13-12-18-9-7-10-20(18)14-19/h5-6,8,11-16H,4,7,9-10H2,1-3H3,(H,23,24). The summed E-state index contributed by atoms with van der Waals surface area (Å²) in [7, 11) is 0. The number of rotatable bonds is 6. The van der Waals surface area contributed by atoms with Gasteiger partial charge in [0.15, 0.2) is 6.10 Å². The van der Waals surface area contributed by atoms with E-state index in [4.69, 9.17) is 4.74 Å². The molecule has 0 aromatic heterocycles. The molecule has 0 aliphatic heterocycles. The van der Waals surface area contributed by atoms with Gasteiger partial charge in [-0.25, -0.2) is 0 Å². The predicted octanol–water partition coefficient (Wildman–Crippen LogP) is 4.38. The molecule has 3 heteroatoms. The van der Waals surface area contributed by atoms with Crippen LogP contribution in [0.25, 0.3) is 0 Å². The van der Waals surface area contributed by atoms with E-state index in [1.54, 1.807) is 6.92 Å². The SMILES string of the molecule is CCc1ccccc1OC(C)C(=O)NC(C)c1ccc2c(c1)CCC2. The number of ether oxygens (including phenoxy) is 1. The molecule has 0 saturated heterocycles. The first-order valence-corrected chi connectivity index (χ1v) is 9.25. The van der Waals surface area contributed by atoms with E-state index in [9.17, 15) is 4.79 Å². The molecule has 2 aromatic carbocycles. The van der Waals surface area contributed by atoms with Crippen molar-refractivity contribution in [2.75, 3.05) is 0 Å². The Labute approximate surface area is 150 Å². The number of aryl methyl sites for hydroxylation is 3. The van der Waals surface area contributed by atoms with E-state index in [1.807, 2.05) is 31.2 Å². The van der Waals surface area contributed by atoms with Crippen molar-refractivity contribution >= 4 is 5.91 Å². The van der Waals surface area contributed by atoms with Gasteiger partial charge in [0.05, 0.1) is 6.04 Å². The highest BCUT2D eigenvalue weighted by molar-refractivity contribution is 5.81. The lowest BCUT2D eigenvalue weighted by Crippen LogP contribution is -2.37. The lowest BCUT2D eigenvalue weighted by Gasteiger charge is -2.20. The highest BCUT2D eigenvalue weighted by Gasteiger charge is 2.20. The van der Waals surface area contributed by atoms with Crippen LogP contribution in [0.1, 0.15) is 55.5 Å². The number of hydrogen-bond acceptors (Lipinski definition) is 2. The summed E-state index contributed by atoms with van der Waals surface area (Å²) in [6.45, 7) is 5.92. The molecule has 3 nitrogen and oxygen atoms in total. The largest absolute Gasteiger partial charge is 0.481 e. The normalized spacial score (nSPS) is 15.3. The fourth-order valence-corrected chi connectivity index (χ4v) is 3.43. The molecule has 2 unspecified atom stereocenters. The van der Waals surface area contributed by atoms with E-state index >= 15 is 0 Å². The highest BCUT2D eigenvalue weighted by Crippen LogP contribution is 2.25. The molecule has 1 N–H and O–H groups in total.